The van der Waals surface area contributed by atoms with Crippen molar-refractivity contribution in [2.75, 3.05) is 23.7 Å². The Morgan fingerprint density at radius 1 is 1.22 bits per heavy atom. The highest BCUT2D eigenvalue weighted by Gasteiger charge is 2.45. The van der Waals surface area contributed by atoms with Gasteiger partial charge in [-0.15, -0.1) is 0 Å². The van der Waals surface area contributed by atoms with Crippen molar-refractivity contribution in [1.29, 1.82) is 0 Å². The largest absolute Gasteiger partial charge is 0.369 e. The molecule has 2 atom stereocenters. The van der Waals surface area contributed by atoms with Gasteiger partial charge in [0.05, 0.1) is 11.6 Å². The minimum absolute atomic E-state index is 0.124. The lowest BCUT2D eigenvalue weighted by Crippen LogP contribution is -2.21. The first-order valence-electron chi connectivity index (χ1n) is 9.42. The van der Waals surface area contributed by atoms with Crippen LogP contribution in [0, 0.1) is 11.3 Å². The molecule has 0 amide bonds. The molecule has 1 saturated carbocycles. The highest BCUT2D eigenvalue weighted by molar-refractivity contribution is 5.87. The van der Waals surface area contributed by atoms with E-state index in [0.29, 0.717) is 23.8 Å². The zero-order valence-corrected chi connectivity index (χ0v) is 16.1. The maximum Gasteiger partial charge on any atom is 0.226 e. The molecule has 7 heteroatoms. The van der Waals surface area contributed by atoms with Gasteiger partial charge in [-0.25, -0.2) is 0 Å². The van der Waals surface area contributed by atoms with Crippen molar-refractivity contribution >= 4 is 22.8 Å². The van der Waals surface area contributed by atoms with Crippen LogP contribution in [0.3, 0.4) is 0 Å². The van der Waals surface area contributed by atoms with E-state index in [9.17, 15) is 0 Å². The SMILES string of the molecule is Cn1ncc2c(NCC3CC3(C)C)nc(NCC(N)c3ccccc3)nc21. The summed E-state index contributed by atoms with van der Waals surface area (Å²) in [5.74, 6) is 2.07. The number of benzene rings is 1. The van der Waals surface area contributed by atoms with E-state index in [1.165, 1.54) is 6.42 Å². The molecule has 2 unspecified atom stereocenters. The first kappa shape index (κ1) is 17.7. The van der Waals surface area contributed by atoms with Crippen LogP contribution in [0.5, 0.6) is 0 Å². The van der Waals surface area contributed by atoms with Crippen LogP contribution in [0.1, 0.15) is 31.9 Å². The summed E-state index contributed by atoms with van der Waals surface area (Å²) in [5, 5.41) is 12.1. The molecular weight excluding hydrogens is 338 g/mol. The van der Waals surface area contributed by atoms with Crippen LogP contribution in [0.2, 0.25) is 0 Å². The van der Waals surface area contributed by atoms with E-state index in [4.69, 9.17) is 5.73 Å². The van der Waals surface area contributed by atoms with Gasteiger partial charge in [-0.05, 0) is 23.3 Å². The fraction of sp³-hybridized carbons (Fsp3) is 0.450. The number of nitrogens with two attached hydrogens (primary N) is 1. The lowest BCUT2D eigenvalue weighted by Gasteiger charge is -2.14. The maximum absolute atomic E-state index is 6.29. The van der Waals surface area contributed by atoms with Crippen LogP contribution in [0.15, 0.2) is 36.5 Å². The lowest BCUT2D eigenvalue weighted by molar-refractivity contribution is 0.573. The molecule has 4 N–H and O–H groups in total. The molecule has 3 aromatic rings. The Kier molecular flexibility index (Phi) is 4.47. The molecule has 2 heterocycles. The first-order valence-corrected chi connectivity index (χ1v) is 9.42. The van der Waals surface area contributed by atoms with Gasteiger partial charge in [0, 0.05) is 26.2 Å². The molecule has 1 aromatic carbocycles. The van der Waals surface area contributed by atoms with Crippen LogP contribution >= 0.6 is 0 Å². The summed E-state index contributed by atoms with van der Waals surface area (Å²) < 4.78 is 1.77. The van der Waals surface area contributed by atoms with Gasteiger partial charge in [-0.1, -0.05) is 44.2 Å². The molecule has 0 aliphatic heterocycles. The van der Waals surface area contributed by atoms with Crippen molar-refractivity contribution in [3.05, 3.63) is 42.1 Å². The molecule has 0 spiro atoms. The minimum Gasteiger partial charge on any atom is -0.369 e. The molecule has 1 fully saturated rings. The van der Waals surface area contributed by atoms with Crippen molar-refractivity contribution in [2.45, 2.75) is 26.3 Å². The Balaban J connectivity index is 1.51. The smallest absolute Gasteiger partial charge is 0.226 e. The molecule has 27 heavy (non-hydrogen) atoms. The molecule has 2 aromatic heterocycles. The fourth-order valence-electron chi connectivity index (χ4n) is 3.40. The van der Waals surface area contributed by atoms with Gasteiger partial charge in [0.25, 0.3) is 0 Å². The number of fused-ring (bicyclic) bond motifs is 1. The normalized spacial score (nSPS) is 19.0. The van der Waals surface area contributed by atoms with Crippen LogP contribution in [0.25, 0.3) is 11.0 Å². The Labute approximate surface area is 159 Å². The molecule has 142 valence electrons. The molecule has 7 nitrogen and oxygen atoms in total. The van der Waals surface area contributed by atoms with Gasteiger partial charge >= 0.3 is 0 Å². The highest BCUT2D eigenvalue weighted by atomic mass is 15.3. The summed E-state index contributed by atoms with van der Waals surface area (Å²) in [6, 6.07) is 9.91. The number of anilines is 2. The quantitative estimate of drug-likeness (QED) is 0.596. The Morgan fingerprint density at radius 3 is 2.67 bits per heavy atom. The van der Waals surface area contributed by atoms with Crippen molar-refractivity contribution < 1.29 is 0 Å². The number of nitrogens with one attached hydrogen (secondary N) is 2. The predicted molar refractivity (Wildman–Crippen MR) is 109 cm³/mol. The number of hydrogen-bond acceptors (Lipinski definition) is 6. The van der Waals surface area contributed by atoms with E-state index < -0.39 is 0 Å². The summed E-state index contributed by atoms with van der Waals surface area (Å²) in [5.41, 5.74) is 8.61. The summed E-state index contributed by atoms with van der Waals surface area (Å²) >= 11 is 0. The third-order valence-electron chi connectivity index (χ3n) is 5.53. The zero-order chi connectivity index (χ0) is 19.0. The number of rotatable bonds is 7. The summed E-state index contributed by atoms with van der Waals surface area (Å²) in [7, 11) is 1.89. The van der Waals surface area contributed by atoms with Crippen LogP contribution in [0.4, 0.5) is 11.8 Å². The van der Waals surface area contributed by atoms with E-state index in [0.717, 1.165) is 29.0 Å². The van der Waals surface area contributed by atoms with E-state index >= 15 is 0 Å². The van der Waals surface area contributed by atoms with Crippen molar-refractivity contribution in [3.63, 3.8) is 0 Å². The number of hydrogen-bond donors (Lipinski definition) is 3. The van der Waals surface area contributed by atoms with Crippen molar-refractivity contribution in [2.24, 2.45) is 24.1 Å². The van der Waals surface area contributed by atoms with Gasteiger partial charge in [0.1, 0.15) is 5.82 Å². The monoisotopic (exact) mass is 365 g/mol. The molecule has 0 radical (unpaired) electrons. The van der Waals surface area contributed by atoms with E-state index in [-0.39, 0.29) is 6.04 Å². The van der Waals surface area contributed by atoms with Gasteiger partial charge < -0.3 is 16.4 Å². The highest BCUT2D eigenvalue weighted by Crippen LogP contribution is 2.51. The fourth-order valence-corrected chi connectivity index (χ4v) is 3.40. The molecular formula is C20H27N7. The average molecular weight is 365 g/mol. The molecule has 0 saturated heterocycles. The summed E-state index contributed by atoms with van der Waals surface area (Å²) in [6.07, 6.45) is 3.06. The number of aromatic nitrogens is 4. The van der Waals surface area contributed by atoms with E-state index in [2.05, 4.69) is 39.5 Å². The third kappa shape index (κ3) is 3.73. The molecule has 0 bridgehead atoms. The number of nitrogens with zero attached hydrogens (tertiary/aromatic N) is 4. The molecule has 4 rings (SSSR count). The molecule has 1 aliphatic carbocycles. The zero-order valence-electron chi connectivity index (χ0n) is 16.1. The predicted octanol–water partition coefficient (Wildman–Crippen LogP) is 2.93. The topological polar surface area (TPSA) is 93.7 Å². The second-order valence-corrected chi connectivity index (χ2v) is 8.07. The first-order chi connectivity index (χ1) is 12.9. The van der Waals surface area contributed by atoms with E-state index in [1.54, 1.807) is 4.68 Å². The Morgan fingerprint density at radius 2 is 1.96 bits per heavy atom. The standard InChI is InChI=1S/C20H27N7/c1-20(2)9-14(20)10-22-17-15-11-24-27(3)18(15)26-19(25-17)23-12-16(21)13-7-5-4-6-8-13/h4-8,11,14,16H,9-10,12,21H2,1-3H3,(H2,22,23,25,26). The second kappa shape index (κ2) is 6.81. The van der Waals surface area contributed by atoms with E-state index in [1.807, 2.05) is 43.6 Å². The average Bonchev–Trinajstić information content (AvgIpc) is 3.11. The van der Waals surface area contributed by atoms with Crippen molar-refractivity contribution in [3.8, 4) is 0 Å². The second-order valence-electron chi connectivity index (χ2n) is 8.07. The number of aryl methyl sites for hydroxylation is 1. The van der Waals surface area contributed by atoms with Crippen LogP contribution in [-0.4, -0.2) is 32.8 Å². The Bertz CT molecular complexity index is 932. The van der Waals surface area contributed by atoms with Crippen LogP contribution in [-0.2, 0) is 7.05 Å². The summed E-state index contributed by atoms with van der Waals surface area (Å²) in [6.45, 7) is 6.08. The molecule has 1 aliphatic rings. The van der Waals surface area contributed by atoms with Gasteiger partial charge in [-0.2, -0.15) is 15.1 Å². The lowest BCUT2D eigenvalue weighted by atomic mass is 10.1. The maximum atomic E-state index is 6.29. The van der Waals surface area contributed by atoms with Crippen molar-refractivity contribution in [1.82, 2.24) is 19.7 Å². The van der Waals surface area contributed by atoms with Crippen LogP contribution < -0.4 is 16.4 Å². The summed E-state index contributed by atoms with van der Waals surface area (Å²) in [4.78, 5) is 9.30. The Hall–Kier alpha value is -2.67. The minimum atomic E-state index is -0.124. The van der Waals surface area contributed by atoms with Gasteiger partial charge in [0.15, 0.2) is 5.65 Å². The van der Waals surface area contributed by atoms with Gasteiger partial charge in [0.2, 0.25) is 5.95 Å². The third-order valence-corrected chi connectivity index (χ3v) is 5.53. The van der Waals surface area contributed by atoms with Gasteiger partial charge in [-0.3, -0.25) is 4.68 Å².